The van der Waals surface area contributed by atoms with Crippen molar-refractivity contribution >= 4 is 18.3 Å². The van der Waals surface area contributed by atoms with Crippen molar-refractivity contribution in [3.8, 4) is 11.1 Å². The average Bonchev–Trinajstić information content (AvgIpc) is 3.25. The molecule has 7 heteroatoms. The van der Waals surface area contributed by atoms with Crippen LogP contribution in [0.4, 0.5) is 0 Å². The van der Waals surface area contributed by atoms with E-state index >= 15 is 0 Å². The molecule has 138 valence electrons. The predicted octanol–water partition coefficient (Wildman–Crippen LogP) is 2.90. The monoisotopic (exact) mass is 362 g/mol. The van der Waals surface area contributed by atoms with Gasteiger partial charge in [-0.3, -0.25) is 9.89 Å². The third kappa shape index (κ3) is 3.19. The second kappa shape index (κ2) is 7.41. The molecule has 4 N–H and O–H groups in total. The molecule has 2 aromatic heterocycles. The van der Waals surface area contributed by atoms with Gasteiger partial charge in [-0.05, 0) is 25.0 Å². The quantitative estimate of drug-likeness (QED) is 0.506. The molecular formula is C20H22N6O. The van der Waals surface area contributed by atoms with Crippen molar-refractivity contribution in [3.05, 3.63) is 64.2 Å². The van der Waals surface area contributed by atoms with E-state index in [0.29, 0.717) is 12.2 Å². The molecule has 0 bridgehead atoms. The van der Waals surface area contributed by atoms with E-state index < -0.39 is 0 Å². The fourth-order valence-electron chi connectivity index (χ4n) is 3.35. The highest BCUT2D eigenvalue weighted by Gasteiger charge is 2.20. The molecule has 1 aromatic carbocycles. The Morgan fingerprint density at radius 1 is 1.19 bits per heavy atom. The number of aromatic nitrogens is 3. The fraction of sp³-hybridized carbons (Fsp3) is 0.200. The van der Waals surface area contributed by atoms with Gasteiger partial charge < -0.3 is 20.7 Å². The summed E-state index contributed by atoms with van der Waals surface area (Å²) in [6, 6.07) is 7.71. The number of carbonyl (C=O) groups is 1. The Bertz CT molecular complexity index is 1010. The molecule has 27 heavy (non-hydrogen) atoms. The van der Waals surface area contributed by atoms with Gasteiger partial charge in [0.25, 0.3) is 5.91 Å². The molecule has 0 saturated carbocycles. The van der Waals surface area contributed by atoms with E-state index in [-0.39, 0.29) is 5.91 Å². The van der Waals surface area contributed by atoms with Crippen molar-refractivity contribution in [1.82, 2.24) is 20.1 Å². The number of benzene rings is 1. The number of carbonyl (C=O) groups excluding carboxylic acids is 1. The summed E-state index contributed by atoms with van der Waals surface area (Å²) in [6.45, 7) is 4.47. The minimum atomic E-state index is -0.209. The molecule has 0 aliphatic carbocycles. The number of aromatic amines is 1. The molecular weight excluding hydrogens is 340 g/mol. The number of nitrogens with one attached hydrogen (secondary N) is 4. The molecule has 2 heterocycles. The van der Waals surface area contributed by atoms with Crippen LogP contribution in [-0.4, -0.2) is 40.1 Å². The average molecular weight is 362 g/mol. The highest BCUT2D eigenvalue weighted by atomic mass is 16.1. The molecule has 0 aliphatic rings. The van der Waals surface area contributed by atoms with Crippen LogP contribution in [0, 0.1) is 24.7 Å². The maximum absolute atomic E-state index is 12.0. The van der Waals surface area contributed by atoms with Crippen molar-refractivity contribution < 1.29 is 4.79 Å². The highest BCUT2D eigenvalue weighted by molar-refractivity contribution is 5.94. The first kappa shape index (κ1) is 18.3. The zero-order chi connectivity index (χ0) is 19.6. The molecule has 0 saturated heterocycles. The van der Waals surface area contributed by atoms with Gasteiger partial charge in [0.1, 0.15) is 5.69 Å². The lowest BCUT2D eigenvalue weighted by molar-refractivity contribution is 0.0957. The van der Waals surface area contributed by atoms with Crippen LogP contribution in [0.3, 0.4) is 0 Å². The first-order chi connectivity index (χ1) is 13.0. The molecule has 0 atom stereocenters. The molecule has 0 radical (unpaired) electrons. The standard InChI is InChI=1S/C20H22N6O/c1-12-17(9-22)18(15-6-4-14(8-21)5-7-15)13(2)26(12)11-16-10-24-25-19(16)20(27)23-3/h4-10,21-22H,11H2,1-3H3,(H,23,27)(H,24,25). The minimum absolute atomic E-state index is 0.209. The third-order valence-corrected chi connectivity index (χ3v) is 4.84. The maximum atomic E-state index is 12.0. The Balaban J connectivity index is 2.09. The number of hydrogen-bond acceptors (Lipinski definition) is 4. The summed E-state index contributed by atoms with van der Waals surface area (Å²) < 4.78 is 2.09. The van der Waals surface area contributed by atoms with Crippen molar-refractivity contribution in [2.24, 2.45) is 0 Å². The number of amides is 1. The van der Waals surface area contributed by atoms with Gasteiger partial charge in [0.2, 0.25) is 0 Å². The third-order valence-electron chi connectivity index (χ3n) is 4.84. The lowest BCUT2D eigenvalue weighted by Crippen LogP contribution is -2.20. The summed E-state index contributed by atoms with van der Waals surface area (Å²) in [5.74, 6) is -0.209. The van der Waals surface area contributed by atoms with Crippen LogP contribution in [0.25, 0.3) is 11.1 Å². The van der Waals surface area contributed by atoms with Gasteiger partial charge in [-0.2, -0.15) is 5.10 Å². The largest absolute Gasteiger partial charge is 0.354 e. The summed E-state index contributed by atoms with van der Waals surface area (Å²) in [4.78, 5) is 12.0. The molecule has 7 nitrogen and oxygen atoms in total. The Kier molecular flexibility index (Phi) is 5.03. The number of nitrogens with zero attached hydrogens (tertiary/aromatic N) is 2. The van der Waals surface area contributed by atoms with Gasteiger partial charge in [0.05, 0.1) is 12.7 Å². The molecule has 0 fully saturated rings. The second-order valence-electron chi connectivity index (χ2n) is 6.31. The van der Waals surface area contributed by atoms with Crippen molar-refractivity contribution in [2.45, 2.75) is 20.4 Å². The Hall–Kier alpha value is -3.48. The van der Waals surface area contributed by atoms with Crippen molar-refractivity contribution in [3.63, 3.8) is 0 Å². The first-order valence-electron chi connectivity index (χ1n) is 8.57. The molecule has 1 amide bonds. The van der Waals surface area contributed by atoms with E-state index in [2.05, 4.69) is 20.1 Å². The highest BCUT2D eigenvalue weighted by Crippen LogP contribution is 2.32. The summed E-state index contributed by atoms with van der Waals surface area (Å²) in [5.41, 5.74) is 6.87. The normalized spacial score (nSPS) is 10.6. The van der Waals surface area contributed by atoms with Gasteiger partial charge in [-0.15, -0.1) is 0 Å². The minimum Gasteiger partial charge on any atom is -0.354 e. The molecule has 0 aliphatic heterocycles. The van der Waals surface area contributed by atoms with Crippen molar-refractivity contribution in [1.29, 1.82) is 10.8 Å². The van der Waals surface area contributed by atoms with Gasteiger partial charge in [-0.25, -0.2) is 0 Å². The van der Waals surface area contributed by atoms with Crippen LogP contribution in [0.1, 0.15) is 38.6 Å². The maximum Gasteiger partial charge on any atom is 0.269 e. The van der Waals surface area contributed by atoms with E-state index in [0.717, 1.165) is 39.2 Å². The topological polar surface area (TPSA) is 110 Å². The number of H-pyrrole nitrogens is 1. The van der Waals surface area contributed by atoms with E-state index in [9.17, 15) is 4.79 Å². The number of rotatable bonds is 6. The van der Waals surface area contributed by atoms with Crippen LogP contribution < -0.4 is 5.32 Å². The molecule has 0 unspecified atom stereocenters. The summed E-state index contributed by atoms with van der Waals surface area (Å²) >= 11 is 0. The van der Waals surface area contributed by atoms with Crippen LogP contribution in [0.5, 0.6) is 0 Å². The second-order valence-corrected chi connectivity index (χ2v) is 6.31. The SMILES string of the molecule is CNC(=O)c1[nH]ncc1Cn1c(C)c(C=N)c(-c2ccc(C=N)cc2)c1C. The van der Waals surface area contributed by atoms with Crippen LogP contribution in [0.15, 0.2) is 30.5 Å². The molecule has 3 rings (SSSR count). The molecule has 0 spiro atoms. The zero-order valence-corrected chi connectivity index (χ0v) is 15.6. The van der Waals surface area contributed by atoms with Gasteiger partial charge in [-0.1, -0.05) is 24.3 Å². The van der Waals surface area contributed by atoms with E-state index in [1.54, 1.807) is 13.2 Å². The summed E-state index contributed by atoms with van der Waals surface area (Å²) in [7, 11) is 1.59. The van der Waals surface area contributed by atoms with Crippen LogP contribution in [-0.2, 0) is 6.54 Å². The molecule has 3 aromatic rings. The Morgan fingerprint density at radius 2 is 1.89 bits per heavy atom. The van der Waals surface area contributed by atoms with E-state index in [1.165, 1.54) is 12.4 Å². The smallest absolute Gasteiger partial charge is 0.269 e. The van der Waals surface area contributed by atoms with E-state index in [1.807, 2.05) is 38.1 Å². The van der Waals surface area contributed by atoms with Crippen molar-refractivity contribution in [2.75, 3.05) is 7.05 Å². The van der Waals surface area contributed by atoms with Gasteiger partial charge in [0, 0.05) is 47.6 Å². The van der Waals surface area contributed by atoms with Gasteiger partial charge in [0.15, 0.2) is 0 Å². The Morgan fingerprint density at radius 3 is 2.48 bits per heavy atom. The predicted molar refractivity (Wildman–Crippen MR) is 106 cm³/mol. The zero-order valence-electron chi connectivity index (χ0n) is 15.6. The first-order valence-corrected chi connectivity index (χ1v) is 8.57. The summed E-state index contributed by atoms with van der Waals surface area (Å²) in [6.07, 6.45) is 4.34. The number of hydrogen-bond donors (Lipinski definition) is 4. The van der Waals surface area contributed by atoms with Gasteiger partial charge >= 0.3 is 0 Å². The lowest BCUT2D eigenvalue weighted by atomic mass is 10.00. The van der Waals surface area contributed by atoms with Crippen LogP contribution in [0.2, 0.25) is 0 Å². The van der Waals surface area contributed by atoms with Crippen LogP contribution >= 0.6 is 0 Å². The fourth-order valence-corrected chi connectivity index (χ4v) is 3.35. The lowest BCUT2D eigenvalue weighted by Gasteiger charge is -2.10. The Labute approximate surface area is 157 Å². The van der Waals surface area contributed by atoms with E-state index in [4.69, 9.17) is 10.8 Å². The summed E-state index contributed by atoms with van der Waals surface area (Å²) in [5, 5.41) is 24.6.